The van der Waals surface area contributed by atoms with Crippen molar-refractivity contribution >= 4 is 6.21 Å². The molecule has 10 heavy (non-hydrogen) atoms. The third-order valence-electron chi connectivity index (χ3n) is 1.50. The van der Waals surface area contributed by atoms with Crippen LogP contribution in [0.5, 0.6) is 0 Å². The lowest BCUT2D eigenvalue weighted by Crippen LogP contribution is -1.77. The van der Waals surface area contributed by atoms with Gasteiger partial charge in [0.25, 0.3) is 0 Å². The quantitative estimate of drug-likeness (QED) is 0.568. The summed E-state index contributed by atoms with van der Waals surface area (Å²) in [5.74, 6) is 0.854. The summed E-state index contributed by atoms with van der Waals surface area (Å²) in [6.07, 6.45) is 5.96. The summed E-state index contributed by atoms with van der Waals surface area (Å²) in [5.41, 5.74) is 0. The van der Waals surface area contributed by atoms with Gasteiger partial charge in [-0.1, -0.05) is 0 Å². The molecular formula is C8H9NO. The molecule has 1 aliphatic rings. The average molecular weight is 135 g/mol. The molecule has 0 radical (unpaired) electrons. The third kappa shape index (κ3) is 1.26. The molecule has 1 aromatic rings. The molecule has 1 aromatic heterocycles. The molecule has 0 atom stereocenters. The fraction of sp³-hybridized carbons (Fsp3) is 0.375. The minimum Gasteiger partial charge on any atom is -0.463 e. The lowest BCUT2D eigenvalue weighted by atomic mass is 10.5. The van der Waals surface area contributed by atoms with E-state index in [4.69, 9.17) is 4.42 Å². The highest BCUT2D eigenvalue weighted by Crippen LogP contribution is 2.23. The summed E-state index contributed by atoms with van der Waals surface area (Å²) in [6.45, 7) is 0. The van der Waals surface area contributed by atoms with E-state index in [-0.39, 0.29) is 0 Å². The van der Waals surface area contributed by atoms with Crippen molar-refractivity contribution < 1.29 is 4.42 Å². The van der Waals surface area contributed by atoms with Crippen molar-refractivity contribution in [2.45, 2.75) is 18.9 Å². The van der Waals surface area contributed by atoms with E-state index in [0.29, 0.717) is 6.04 Å². The molecule has 2 nitrogen and oxygen atoms in total. The second-order valence-corrected chi connectivity index (χ2v) is 2.52. The van der Waals surface area contributed by atoms with Crippen molar-refractivity contribution in [3.8, 4) is 0 Å². The molecule has 1 saturated carbocycles. The lowest BCUT2D eigenvalue weighted by molar-refractivity contribution is 0.560. The standard InChI is InChI=1S/C8H9NO/c1-2-8(10-5-1)6-9-7-3-4-7/h1-2,5-7H,3-4H2. The van der Waals surface area contributed by atoms with Gasteiger partial charge < -0.3 is 4.42 Å². The largest absolute Gasteiger partial charge is 0.463 e. The Morgan fingerprint density at radius 3 is 3.10 bits per heavy atom. The van der Waals surface area contributed by atoms with Crippen LogP contribution in [0.4, 0.5) is 0 Å². The van der Waals surface area contributed by atoms with Gasteiger partial charge in [-0.25, -0.2) is 0 Å². The summed E-state index contributed by atoms with van der Waals surface area (Å²) in [5, 5.41) is 0. The number of aliphatic imine (C=N–C) groups is 1. The normalized spacial score (nSPS) is 18.4. The maximum atomic E-state index is 5.06. The van der Waals surface area contributed by atoms with E-state index < -0.39 is 0 Å². The molecule has 0 unspecified atom stereocenters. The van der Waals surface area contributed by atoms with Gasteiger partial charge in [-0.05, 0) is 25.0 Å². The smallest absolute Gasteiger partial charge is 0.144 e. The monoisotopic (exact) mass is 135 g/mol. The third-order valence-corrected chi connectivity index (χ3v) is 1.50. The molecule has 1 fully saturated rings. The molecule has 0 bridgehead atoms. The van der Waals surface area contributed by atoms with Crippen LogP contribution in [-0.4, -0.2) is 12.3 Å². The molecule has 2 heteroatoms. The van der Waals surface area contributed by atoms with Crippen molar-refractivity contribution in [1.82, 2.24) is 0 Å². The highest BCUT2D eigenvalue weighted by atomic mass is 16.3. The van der Waals surface area contributed by atoms with Crippen LogP contribution >= 0.6 is 0 Å². The van der Waals surface area contributed by atoms with E-state index in [9.17, 15) is 0 Å². The van der Waals surface area contributed by atoms with Gasteiger partial charge in [0.05, 0.1) is 18.5 Å². The van der Waals surface area contributed by atoms with Gasteiger partial charge >= 0.3 is 0 Å². The summed E-state index contributed by atoms with van der Waals surface area (Å²) in [4.78, 5) is 4.26. The molecule has 52 valence electrons. The molecule has 0 amide bonds. The fourth-order valence-electron chi connectivity index (χ4n) is 0.767. The van der Waals surface area contributed by atoms with E-state index in [1.807, 2.05) is 12.1 Å². The first-order valence-corrected chi connectivity index (χ1v) is 3.52. The zero-order valence-electron chi connectivity index (χ0n) is 5.66. The lowest BCUT2D eigenvalue weighted by Gasteiger charge is -1.81. The summed E-state index contributed by atoms with van der Waals surface area (Å²) in [6, 6.07) is 4.37. The SMILES string of the molecule is C(=NC1CC1)c1ccco1. The minimum absolute atomic E-state index is 0.588. The van der Waals surface area contributed by atoms with Gasteiger partial charge in [0.15, 0.2) is 0 Å². The maximum Gasteiger partial charge on any atom is 0.144 e. The van der Waals surface area contributed by atoms with Crippen molar-refractivity contribution in [3.63, 3.8) is 0 Å². The highest BCUT2D eigenvalue weighted by Gasteiger charge is 2.18. The Balaban J connectivity index is 2.01. The van der Waals surface area contributed by atoms with E-state index in [1.54, 1.807) is 12.5 Å². The van der Waals surface area contributed by atoms with E-state index in [2.05, 4.69) is 4.99 Å². The van der Waals surface area contributed by atoms with Gasteiger partial charge in [0.2, 0.25) is 0 Å². The number of furan rings is 1. The van der Waals surface area contributed by atoms with Gasteiger partial charge in [0.1, 0.15) is 5.76 Å². The van der Waals surface area contributed by atoms with Crippen LogP contribution in [-0.2, 0) is 0 Å². The van der Waals surface area contributed by atoms with Crippen molar-refractivity contribution in [2.75, 3.05) is 0 Å². The fourth-order valence-corrected chi connectivity index (χ4v) is 0.767. The van der Waals surface area contributed by atoms with Crippen molar-refractivity contribution in [1.29, 1.82) is 0 Å². The Morgan fingerprint density at radius 2 is 2.50 bits per heavy atom. The Labute approximate surface area is 59.6 Å². The number of nitrogens with zero attached hydrogens (tertiary/aromatic N) is 1. The van der Waals surface area contributed by atoms with Crippen LogP contribution in [0.3, 0.4) is 0 Å². The molecular weight excluding hydrogens is 126 g/mol. The Morgan fingerprint density at radius 1 is 1.60 bits per heavy atom. The first kappa shape index (κ1) is 5.71. The molecule has 0 spiro atoms. The Bertz CT molecular complexity index is 221. The van der Waals surface area contributed by atoms with Crippen LogP contribution < -0.4 is 0 Å². The highest BCUT2D eigenvalue weighted by molar-refractivity contribution is 5.75. The average Bonchev–Trinajstić information content (AvgIpc) is 2.63. The molecule has 1 heterocycles. The zero-order chi connectivity index (χ0) is 6.81. The molecule has 0 N–H and O–H groups in total. The topological polar surface area (TPSA) is 25.5 Å². The van der Waals surface area contributed by atoms with Crippen LogP contribution in [0.1, 0.15) is 18.6 Å². The van der Waals surface area contributed by atoms with Gasteiger partial charge in [-0.15, -0.1) is 0 Å². The predicted octanol–water partition coefficient (Wildman–Crippen LogP) is 1.86. The van der Waals surface area contributed by atoms with Crippen molar-refractivity contribution in [2.24, 2.45) is 4.99 Å². The van der Waals surface area contributed by atoms with Crippen LogP contribution in [0, 0.1) is 0 Å². The van der Waals surface area contributed by atoms with Gasteiger partial charge in [-0.3, -0.25) is 4.99 Å². The van der Waals surface area contributed by atoms with E-state index in [0.717, 1.165) is 5.76 Å². The van der Waals surface area contributed by atoms with E-state index >= 15 is 0 Å². The summed E-state index contributed by atoms with van der Waals surface area (Å²) >= 11 is 0. The summed E-state index contributed by atoms with van der Waals surface area (Å²) < 4.78 is 5.06. The molecule has 0 aliphatic heterocycles. The Kier molecular flexibility index (Phi) is 1.31. The van der Waals surface area contributed by atoms with Gasteiger partial charge in [0, 0.05) is 0 Å². The first-order chi connectivity index (χ1) is 4.95. The van der Waals surface area contributed by atoms with E-state index in [1.165, 1.54) is 12.8 Å². The molecule has 2 rings (SSSR count). The molecule has 0 aromatic carbocycles. The number of hydrogen-bond acceptors (Lipinski definition) is 2. The Hall–Kier alpha value is -1.05. The van der Waals surface area contributed by atoms with Gasteiger partial charge in [-0.2, -0.15) is 0 Å². The maximum absolute atomic E-state index is 5.06. The van der Waals surface area contributed by atoms with Crippen LogP contribution in [0.25, 0.3) is 0 Å². The second-order valence-electron chi connectivity index (χ2n) is 2.52. The number of rotatable bonds is 2. The zero-order valence-corrected chi connectivity index (χ0v) is 5.66. The van der Waals surface area contributed by atoms with Crippen molar-refractivity contribution in [3.05, 3.63) is 24.2 Å². The predicted molar refractivity (Wildman–Crippen MR) is 39.3 cm³/mol. The number of hydrogen-bond donors (Lipinski definition) is 0. The minimum atomic E-state index is 0.588. The first-order valence-electron chi connectivity index (χ1n) is 3.52. The molecule has 0 saturated heterocycles. The summed E-state index contributed by atoms with van der Waals surface area (Å²) in [7, 11) is 0. The van der Waals surface area contributed by atoms with Crippen LogP contribution in [0.2, 0.25) is 0 Å². The van der Waals surface area contributed by atoms with Crippen LogP contribution in [0.15, 0.2) is 27.8 Å². The second kappa shape index (κ2) is 2.29. The molecule has 1 aliphatic carbocycles.